The van der Waals surface area contributed by atoms with E-state index in [1.54, 1.807) is 0 Å². The van der Waals surface area contributed by atoms with Crippen LogP contribution in [0.15, 0.2) is 18.2 Å². The molecule has 2 unspecified atom stereocenters. The lowest BCUT2D eigenvalue weighted by Crippen LogP contribution is -2.30. The molecule has 1 fully saturated rings. The number of aryl methyl sites for hydroxylation is 1. The van der Waals surface area contributed by atoms with Crippen LogP contribution in [0.5, 0.6) is 0 Å². The molecule has 0 aromatic heterocycles. The van der Waals surface area contributed by atoms with Crippen molar-refractivity contribution >= 4 is 5.91 Å². The van der Waals surface area contributed by atoms with Crippen LogP contribution in [0.3, 0.4) is 0 Å². The van der Waals surface area contributed by atoms with Crippen LogP contribution in [-0.4, -0.2) is 19.0 Å². The van der Waals surface area contributed by atoms with E-state index in [0.717, 1.165) is 17.7 Å². The van der Waals surface area contributed by atoms with Crippen LogP contribution < -0.4 is 11.1 Å². The van der Waals surface area contributed by atoms with E-state index in [1.807, 2.05) is 25.1 Å². The summed E-state index contributed by atoms with van der Waals surface area (Å²) in [5, 5.41) is 3.07. The minimum Gasteiger partial charge on any atom is -0.352 e. The van der Waals surface area contributed by atoms with E-state index in [2.05, 4.69) is 24.1 Å². The zero-order valence-electron chi connectivity index (χ0n) is 12.9. The van der Waals surface area contributed by atoms with Crippen molar-refractivity contribution in [3.05, 3.63) is 34.9 Å². The van der Waals surface area contributed by atoms with Crippen LogP contribution in [0.2, 0.25) is 0 Å². The zero-order valence-corrected chi connectivity index (χ0v) is 12.9. The van der Waals surface area contributed by atoms with Crippen LogP contribution in [-0.2, 0) is 0 Å². The van der Waals surface area contributed by atoms with E-state index >= 15 is 0 Å². The minimum absolute atomic E-state index is 0.0320. The molecule has 0 spiro atoms. The van der Waals surface area contributed by atoms with Gasteiger partial charge in [0.25, 0.3) is 5.91 Å². The third-order valence-electron chi connectivity index (χ3n) is 4.31. The van der Waals surface area contributed by atoms with Crippen molar-refractivity contribution in [2.24, 2.45) is 17.6 Å². The van der Waals surface area contributed by atoms with Crippen LogP contribution in [0, 0.1) is 30.6 Å². The highest BCUT2D eigenvalue weighted by molar-refractivity contribution is 5.96. The van der Waals surface area contributed by atoms with E-state index in [4.69, 9.17) is 5.73 Å². The lowest BCUT2D eigenvalue weighted by molar-refractivity contribution is 0.0944. The molecule has 2 rings (SSSR count). The van der Waals surface area contributed by atoms with Gasteiger partial charge < -0.3 is 11.1 Å². The molecule has 2 atom stereocenters. The molecule has 1 aliphatic rings. The number of amides is 1. The molecule has 1 aliphatic carbocycles. The van der Waals surface area contributed by atoms with Gasteiger partial charge in [-0.25, -0.2) is 0 Å². The van der Waals surface area contributed by atoms with Crippen molar-refractivity contribution in [3.63, 3.8) is 0 Å². The third kappa shape index (κ3) is 4.09. The lowest BCUT2D eigenvalue weighted by atomic mass is 9.98. The van der Waals surface area contributed by atoms with Crippen molar-refractivity contribution in [2.45, 2.75) is 33.1 Å². The number of hydrogen-bond donors (Lipinski definition) is 2. The Hall–Kier alpha value is -1.79. The van der Waals surface area contributed by atoms with E-state index in [1.165, 1.54) is 19.3 Å². The maximum Gasteiger partial charge on any atom is 0.252 e. The van der Waals surface area contributed by atoms with Gasteiger partial charge in [-0.1, -0.05) is 37.7 Å². The summed E-state index contributed by atoms with van der Waals surface area (Å²) in [6.45, 7) is 5.33. The number of nitrogens with one attached hydrogen (secondary N) is 1. The largest absolute Gasteiger partial charge is 0.352 e. The highest BCUT2D eigenvalue weighted by Gasteiger charge is 2.23. The summed E-state index contributed by atoms with van der Waals surface area (Å²) in [4.78, 5) is 12.4. The molecule has 1 amide bonds. The number of benzene rings is 1. The van der Waals surface area contributed by atoms with Gasteiger partial charge in [-0.15, -0.1) is 0 Å². The average Bonchev–Trinajstić information content (AvgIpc) is 2.88. The molecule has 1 aromatic rings. The van der Waals surface area contributed by atoms with Gasteiger partial charge in [-0.2, -0.15) is 0 Å². The maximum atomic E-state index is 12.4. The van der Waals surface area contributed by atoms with E-state index in [9.17, 15) is 4.79 Å². The van der Waals surface area contributed by atoms with Crippen LogP contribution in [0.25, 0.3) is 0 Å². The molecule has 1 saturated carbocycles. The average molecular weight is 284 g/mol. The molecule has 3 heteroatoms. The number of carbonyl (C=O) groups is 1. The number of rotatable bonds is 3. The maximum absolute atomic E-state index is 12.4. The topological polar surface area (TPSA) is 55.1 Å². The second kappa shape index (κ2) is 7.28. The molecule has 21 heavy (non-hydrogen) atoms. The Labute approximate surface area is 127 Å². The molecule has 0 saturated heterocycles. The van der Waals surface area contributed by atoms with Crippen molar-refractivity contribution in [2.75, 3.05) is 13.1 Å². The number of hydrogen-bond acceptors (Lipinski definition) is 2. The zero-order chi connectivity index (χ0) is 15.2. The summed E-state index contributed by atoms with van der Waals surface area (Å²) in [5.41, 5.74) is 7.92. The van der Waals surface area contributed by atoms with Gasteiger partial charge in [-0.05, 0) is 42.9 Å². The van der Waals surface area contributed by atoms with Crippen molar-refractivity contribution in [1.82, 2.24) is 5.32 Å². The van der Waals surface area contributed by atoms with Gasteiger partial charge in [0.15, 0.2) is 0 Å². The van der Waals surface area contributed by atoms with Crippen molar-refractivity contribution in [3.8, 4) is 11.8 Å². The number of nitrogens with two attached hydrogens (primary N) is 1. The highest BCUT2D eigenvalue weighted by atomic mass is 16.1. The predicted octanol–water partition coefficient (Wildman–Crippen LogP) is 2.47. The van der Waals surface area contributed by atoms with E-state index < -0.39 is 0 Å². The fourth-order valence-electron chi connectivity index (χ4n) is 2.95. The quantitative estimate of drug-likeness (QED) is 0.838. The summed E-state index contributed by atoms with van der Waals surface area (Å²) in [5.74, 6) is 7.11. The van der Waals surface area contributed by atoms with Gasteiger partial charge in [0.05, 0.1) is 12.1 Å². The first-order valence-corrected chi connectivity index (χ1v) is 7.69. The molecule has 0 bridgehead atoms. The molecule has 0 radical (unpaired) electrons. The Morgan fingerprint density at radius 3 is 2.90 bits per heavy atom. The SMILES string of the molecule is Cc1ccc(C(=O)NCC2CCCC2C)c(C#CCN)c1. The van der Waals surface area contributed by atoms with Crippen LogP contribution >= 0.6 is 0 Å². The molecule has 0 aliphatic heterocycles. The van der Waals surface area contributed by atoms with Gasteiger partial charge in [0.2, 0.25) is 0 Å². The normalized spacial score (nSPS) is 20.7. The Morgan fingerprint density at radius 1 is 1.43 bits per heavy atom. The summed E-state index contributed by atoms with van der Waals surface area (Å²) in [6.07, 6.45) is 3.77. The van der Waals surface area contributed by atoms with Gasteiger partial charge in [-0.3, -0.25) is 4.79 Å². The molecule has 0 heterocycles. The number of carbonyl (C=O) groups excluding carboxylic acids is 1. The summed E-state index contributed by atoms with van der Waals surface area (Å²) in [7, 11) is 0. The molecule has 1 aromatic carbocycles. The Kier molecular flexibility index (Phi) is 5.41. The smallest absolute Gasteiger partial charge is 0.252 e. The van der Waals surface area contributed by atoms with Gasteiger partial charge in [0.1, 0.15) is 0 Å². The van der Waals surface area contributed by atoms with Gasteiger partial charge in [0, 0.05) is 12.1 Å². The summed E-state index contributed by atoms with van der Waals surface area (Å²) < 4.78 is 0. The van der Waals surface area contributed by atoms with Crippen LogP contribution in [0.4, 0.5) is 0 Å². The van der Waals surface area contributed by atoms with Gasteiger partial charge >= 0.3 is 0 Å². The predicted molar refractivity (Wildman–Crippen MR) is 85.9 cm³/mol. The highest BCUT2D eigenvalue weighted by Crippen LogP contribution is 2.30. The molecular formula is C18H24N2O. The fourth-order valence-corrected chi connectivity index (χ4v) is 2.95. The van der Waals surface area contributed by atoms with Crippen molar-refractivity contribution < 1.29 is 4.79 Å². The second-order valence-corrected chi connectivity index (χ2v) is 5.93. The monoisotopic (exact) mass is 284 g/mol. The summed E-state index contributed by atoms with van der Waals surface area (Å²) >= 11 is 0. The first-order valence-electron chi connectivity index (χ1n) is 7.69. The molecule has 3 N–H and O–H groups in total. The standard InChI is InChI=1S/C18H24N2O/c1-13-8-9-17(15(11-13)7-4-10-19)18(21)20-12-16-6-3-5-14(16)2/h8-9,11,14,16H,3,5-6,10,12,19H2,1-2H3,(H,20,21). The Balaban J connectivity index is 2.07. The summed E-state index contributed by atoms with van der Waals surface area (Å²) in [6, 6.07) is 5.74. The van der Waals surface area contributed by atoms with E-state index in [0.29, 0.717) is 23.9 Å². The van der Waals surface area contributed by atoms with E-state index in [-0.39, 0.29) is 5.91 Å². The third-order valence-corrected chi connectivity index (χ3v) is 4.31. The Morgan fingerprint density at radius 2 is 2.24 bits per heavy atom. The lowest BCUT2D eigenvalue weighted by Gasteiger charge is -2.16. The Bertz CT molecular complexity index is 568. The second-order valence-electron chi connectivity index (χ2n) is 5.93. The molecular weight excluding hydrogens is 260 g/mol. The van der Waals surface area contributed by atoms with Crippen molar-refractivity contribution in [1.29, 1.82) is 0 Å². The first-order chi connectivity index (χ1) is 10.1. The molecule has 3 nitrogen and oxygen atoms in total. The van der Waals surface area contributed by atoms with Crippen LogP contribution in [0.1, 0.15) is 47.7 Å². The minimum atomic E-state index is -0.0320. The fraction of sp³-hybridized carbons (Fsp3) is 0.500. The first kappa shape index (κ1) is 15.6. The molecule has 112 valence electrons.